The summed E-state index contributed by atoms with van der Waals surface area (Å²) >= 11 is 7.61. The van der Waals surface area contributed by atoms with Gasteiger partial charge in [0.25, 0.3) is 5.91 Å². The normalized spacial score (nSPS) is 15.6. The zero-order chi connectivity index (χ0) is 22.6. The number of amides is 1. The Balaban J connectivity index is 1.78. The standard InChI is InChI=1S/C24H19ClN2O4S/c1-12(2)30-15-6-4-5-14(10-15)20-19-21(28)16-11-17(25)13(3)9-18(16)31-22(19)23(29)27(20)24-26-7-8-32-24/h4-12,20H,1-3H3. The van der Waals surface area contributed by atoms with Gasteiger partial charge >= 0.3 is 0 Å². The van der Waals surface area contributed by atoms with Crippen molar-refractivity contribution in [1.82, 2.24) is 4.98 Å². The maximum Gasteiger partial charge on any atom is 0.297 e. The van der Waals surface area contributed by atoms with Crippen LogP contribution in [-0.2, 0) is 0 Å². The SMILES string of the molecule is Cc1cc2oc3c(c(=O)c2cc1Cl)C(c1cccc(OC(C)C)c1)N(c1nccs1)C3=O. The lowest BCUT2D eigenvalue weighted by atomic mass is 9.98. The van der Waals surface area contributed by atoms with Crippen LogP contribution in [0.3, 0.4) is 0 Å². The molecule has 1 aliphatic rings. The zero-order valence-electron chi connectivity index (χ0n) is 17.6. The van der Waals surface area contributed by atoms with Crippen LogP contribution < -0.4 is 15.1 Å². The molecule has 0 saturated carbocycles. The molecule has 6 nitrogen and oxygen atoms in total. The van der Waals surface area contributed by atoms with Crippen molar-refractivity contribution >= 4 is 44.9 Å². The molecule has 1 unspecified atom stereocenters. The summed E-state index contributed by atoms with van der Waals surface area (Å²) in [5.41, 5.74) is 1.82. The predicted molar refractivity (Wildman–Crippen MR) is 125 cm³/mol. The Morgan fingerprint density at radius 3 is 2.75 bits per heavy atom. The Hall–Kier alpha value is -3.16. The van der Waals surface area contributed by atoms with E-state index in [0.29, 0.717) is 26.9 Å². The maximum absolute atomic E-state index is 13.6. The fourth-order valence-electron chi connectivity index (χ4n) is 3.97. The summed E-state index contributed by atoms with van der Waals surface area (Å²) in [7, 11) is 0. The van der Waals surface area contributed by atoms with Crippen molar-refractivity contribution in [1.29, 1.82) is 0 Å². The van der Waals surface area contributed by atoms with E-state index in [1.807, 2.05) is 45.0 Å². The van der Waals surface area contributed by atoms with Crippen LogP contribution in [0.15, 0.2) is 57.2 Å². The topological polar surface area (TPSA) is 72.6 Å². The highest BCUT2D eigenvalue weighted by Gasteiger charge is 2.44. The van der Waals surface area contributed by atoms with Gasteiger partial charge in [0.1, 0.15) is 11.3 Å². The van der Waals surface area contributed by atoms with E-state index in [2.05, 4.69) is 4.98 Å². The highest BCUT2D eigenvalue weighted by Crippen LogP contribution is 2.42. The molecule has 0 spiro atoms. The van der Waals surface area contributed by atoms with Gasteiger partial charge in [-0.25, -0.2) is 4.98 Å². The number of hydrogen-bond donors (Lipinski definition) is 0. The lowest BCUT2D eigenvalue weighted by Crippen LogP contribution is -2.29. The minimum Gasteiger partial charge on any atom is -0.491 e. The molecular weight excluding hydrogens is 448 g/mol. The van der Waals surface area contributed by atoms with Gasteiger partial charge in [0, 0.05) is 16.6 Å². The first-order valence-electron chi connectivity index (χ1n) is 10.1. The number of aryl methyl sites for hydroxylation is 1. The second kappa shape index (κ2) is 7.76. The van der Waals surface area contributed by atoms with Crippen LogP contribution in [-0.4, -0.2) is 17.0 Å². The summed E-state index contributed by atoms with van der Waals surface area (Å²) < 4.78 is 11.9. The molecule has 32 heavy (non-hydrogen) atoms. The molecule has 1 atom stereocenters. The number of benzene rings is 2. The summed E-state index contributed by atoms with van der Waals surface area (Å²) in [5, 5.41) is 3.08. The van der Waals surface area contributed by atoms with E-state index in [9.17, 15) is 9.59 Å². The zero-order valence-corrected chi connectivity index (χ0v) is 19.2. The van der Waals surface area contributed by atoms with Gasteiger partial charge in [-0.3, -0.25) is 14.5 Å². The lowest BCUT2D eigenvalue weighted by Gasteiger charge is -2.23. The molecule has 0 aliphatic carbocycles. The van der Waals surface area contributed by atoms with E-state index in [4.69, 9.17) is 20.8 Å². The number of carbonyl (C=O) groups excluding carboxylic acids is 1. The van der Waals surface area contributed by atoms with Crippen molar-refractivity contribution in [2.45, 2.75) is 32.9 Å². The van der Waals surface area contributed by atoms with E-state index in [1.165, 1.54) is 16.2 Å². The lowest BCUT2D eigenvalue weighted by molar-refractivity contribution is 0.0971. The first-order chi connectivity index (χ1) is 15.3. The van der Waals surface area contributed by atoms with Crippen LogP contribution in [0.25, 0.3) is 11.0 Å². The number of hydrogen-bond acceptors (Lipinski definition) is 6. The van der Waals surface area contributed by atoms with Gasteiger partial charge in [-0.2, -0.15) is 0 Å². The molecule has 4 aromatic rings. The highest BCUT2D eigenvalue weighted by molar-refractivity contribution is 7.13. The number of halogens is 1. The van der Waals surface area contributed by atoms with E-state index < -0.39 is 11.9 Å². The average molecular weight is 467 g/mol. The van der Waals surface area contributed by atoms with Gasteiger partial charge in [-0.1, -0.05) is 23.7 Å². The number of anilines is 1. The first-order valence-corrected chi connectivity index (χ1v) is 11.4. The van der Waals surface area contributed by atoms with Crippen LogP contribution in [0.4, 0.5) is 5.13 Å². The summed E-state index contributed by atoms with van der Waals surface area (Å²) in [5.74, 6) is 0.280. The predicted octanol–water partition coefficient (Wildman–Crippen LogP) is 5.75. The van der Waals surface area contributed by atoms with E-state index in [0.717, 1.165) is 11.1 Å². The number of nitrogens with zero attached hydrogens (tertiary/aromatic N) is 2. The van der Waals surface area contributed by atoms with Gasteiger partial charge in [0.05, 0.1) is 23.1 Å². The second-order valence-corrected chi connectivity index (χ2v) is 9.18. The fourth-order valence-corrected chi connectivity index (χ4v) is 4.80. The molecule has 0 fully saturated rings. The van der Waals surface area contributed by atoms with Gasteiger partial charge in [-0.15, -0.1) is 11.3 Å². The van der Waals surface area contributed by atoms with Crippen molar-refractivity contribution in [3.05, 3.63) is 85.7 Å². The van der Waals surface area contributed by atoms with Crippen LogP contribution in [0.1, 0.15) is 47.1 Å². The molecule has 1 aliphatic heterocycles. The van der Waals surface area contributed by atoms with Crippen molar-refractivity contribution in [3.63, 3.8) is 0 Å². The van der Waals surface area contributed by atoms with Crippen LogP contribution in [0.5, 0.6) is 5.75 Å². The van der Waals surface area contributed by atoms with Crippen molar-refractivity contribution in [2.75, 3.05) is 4.90 Å². The molecule has 2 aromatic heterocycles. The molecule has 8 heteroatoms. The Morgan fingerprint density at radius 2 is 2.03 bits per heavy atom. The molecule has 2 aromatic carbocycles. The van der Waals surface area contributed by atoms with Crippen molar-refractivity contribution < 1.29 is 13.9 Å². The molecule has 0 radical (unpaired) electrons. The third-order valence-corrected chi connectivity index (χ3v) is 6.50. The average Bonchev–Trinajstić information content (AvgIpc) is 3.36. The molecule has 0 bridgehead atoms. The van der Waals surface area contributed by atoms with Gasteiger partial charge in [0.2, 0.25) is 5.76 Å². The quantitative estimate of drug-likeness (QED) is 0.383. The number of fused-ring (bicyclic) bond motifs is 2. The largest absolute Gasteiger partial charge is 0.491 e. The van der Waals surface area contributed by atoms with Crippen molar-refractivity contribution in [2.24, 2.45) is 0 Å². The van der Waals surface area contributed by atoms with Crippen LogP contribution in [0.2, 0.25) is 5.02 Å². The number of ether oxygens (including phenoxy) is 1. The van der Waals surface area contributed by atoms with Crippen LogP contribution in [0, 0.1) is 6.92 Å². The summed E-state index contributed by atoms with van der Waals surface area (Å²) in [4.78, 5) is 33.0. The molecule has 162 valence electrons. The second-order valence-electron chi connectivity index (χ2n) is 7.90. The Morgan fingerprint density at radius 1 is 1.22 bits per heavy atom. The van der Waals surface area contributed by atoms with Gasteiger partial charge in [0.15, 0.2) is 10.6 Å². The molecule has 1 amide bonds. The van der Waals surface area contributed by atoms with Crippen LogP contribution >= 0.6 is 22.9 Å². The Labute approximate surface area is 193 Å². The molecule has 3 heterocycles. The Bertz CT molecular complexity index is 1410. The number of aromatic nitrogens is 1. The molecule has 0 saturated heterocycles. The van der Waals surface area contributed by atoms with E-state index in [-0.39, 0.29) is 22.9 Å². The minimum absolute atomic E-state index is 0.0165. The fraction of sp³-hybridized carbons (Fsp3) is 0.208. The third-order valence-electron chi connectivity index (χ3n) is 5.32. The van der Waals surface area contributed by atoms with Gasteiger partial charge < -0.3 is 9.15 Å². The highest BCUT2D eigenvalue weighted by atomic mass is 35.5. The summed E-state index contributed by atoms with van der Waals surface area (Å²) in [6.07, 6.45) is 1.61. The molecule has 0 N–H and O–H groups in total. The number of carbonyl (C=O) groups is 1. The minimum atomic E-state index is -0.694. The monoisotopic (exact) mass is 466 g/mol. The summed E-state index contributed by atoms with van der Waals surface area (Å²) in [6, 6.07) is 10.00. The van der Waals surface area contributed by atoms with Crippen molar-refractivity contribution in [3.8, 4) is 5.75 Å². The third kappa shape index (κ3) is 3.29. The van der Waals surface area contributed by atoms with Gasteiger partial charge in [-0.05, 0) is 56.2 Å². The maximum atomic E-state index is 13.6. The summed E-state index contributed by atoms with van der Waals surface area (Å²) in [6.45, 7) is 5.70. The Kier molecular flexibility index (Phi) is 5.03. The first kappa shape index (κ1) is 20.7. The van der Waals surface area contributed by atoms with E-state index >= 15 is 0 Å². The molecule has 5 rings (SSSR count). The number of rotatable bonds is 4. The molecular formula is C24H19ClN2O4S. The van der Waals surface area contributed by atoms with E-state index in [1.54, 1.807) is 23.7 Å². The smallest absolute Gasteiger partial charge is 0.297 e. The number of thiazole rings is 1.